The van der Waals surface area contributed by atoms with Crippen LogP contribution in [0.1, 0.15) is 0 Å². The minimum absolute atomic E-state index is 1.16. The maximum absolute atomic E-state index is 3.84. The third-order valence-electron chi connectivity index (χ3n) is 11.7. The van der Waals surface area contributed by atoms with Crippen molar-refractivity contribution in [2.75, 3.05) is 0 Å². The Morgan fingerprint density at radius 3 is 1.55 bits per heavy atom. The number of H-pyrrole nitrogens is 1. The number of hydrogen-bond acceptors (Lipinski definition) is 0. The molecular formula is C52H31N. The lowest BCUT2D eigenvalue weighted by molar-refractivity contribution is 1.56. The predicted octanol–water partition coefficient (Wildman–Crippen LogP) is 14.7. The molecule has 0 amide bonds. The fraction of sp³-hybridized carbons (Fsp3) is 0. The van der Waals surface area contributed by atoms with E-state index in [-0.39, 0.29) is 0 Å². The molecule has 53 heavy (non-hydrogen) atoms. The molecule has 11 aromatic carbocycles. The molecule has 0 fully saturated rings. The van der Waals surface area contributed by atoms with Gasteiger partial charge in [-0.3, -0.25) is 0 Å². The molecule has 0 saturated carbocycles. The van der Waals surface area contributed by atoms with E-state index in [0.717, 1.165) is 5.52 Å². The van der Waals surface area contributed by atoms with Crippen molar-refractivity contribution in [1.29, 1.82) is 0 Å². The number of hydrogen-bond donors (Lipinski definition) is 1. The van der Waals surface area contributed by atoms with E-state index >= 15 is 0 Å². The zero-order valence-electron chi connectivity index (χ0n) is 28.8. The second-order valence-corrected chi connectivity index (χ2v) is 14.5. The van der Waals surface area contributed by atoms with Crippen molar-refractivity contribution < 1.29 is 0 Å². The molecule has 1 N–H and O–H groups in total. The minimum Gasteiger partial charge on any atom is -0.354 e. The summed E-state index contributed by atoms with van der Waals surface area (Å²) >= 11 is 0. The van der Waals surface area contributed by atoms with E-state index in [0.29, 0.717) is 0 Å². The molecule has 0 atom stereocenters. The van der Waals surface area contributed by atoms with Crippen LogP contribution in [0, 0.1) is 0 Å². The van der Waals surface area contributed by atoms with Crippen molar-refractivity contribution in [3.05, 3.63) is 182 Å². The van der Waals surface area contributed by atoms with Gasteiger partial charge in [-0.15, -0.1) is 0 Å². The van der Waals surface area contributed by atoms with Crippen LogP contribution in [-0.2, 0) is 0 Å². The summed E-state index contributed by atoms with van der Waals surface area (Å²) < 4.78 is 0. The Hall–Kier alpha value is -6.96. The second-order valence-electron chi connectivity index (χ2n) is 14.5. The van der Waals surface area contributed by atoms with Gasteiger partial charge in [0.2, 0.25) is 0 Å². The SMILES string of the molecule is c1ccc2cc3c(ccc4c(-c5c6ccccc6c(-c6ccc7[nH]c8c9ccccc9c9ccccc9c8c7c6)c6ccccc56)cccc43)cc2c1. The molecule has 12 rings (SSSR count). The van der Waals surface area contributed by atoms with Gasteiger partial charge >= 0.3 is 0 Å². The van der Waals surface area contributed by atoms with Crippen LogP contribution in [-0.4, -0.2) is 4.98 Å². The van der Waals surface area contributed by atoms with Crippen LogP contribution in [0.3, 0.4) is 0 Å². The van der Waals surface area contributed by atoms with Crippen molar-refractivity contribution in [1.82, 2.24) is 4.98 Å². The van der Waals surface area contributed by atoms with Crippen LogP contribution in [0.25, 0.3) is 119 Å². The van der Waals surface area contributed by atoms with Gasteiger partial charge in [0.25, 0.3) is 0 Å². The zero-order chi connectivity index (χ0) is 34.6. The van der Waals surface area contributed by atoms with Gasteiger partial charge in [0.1, 0.15) is 0 Å². The van der Waals surface area contributed by atoms with Crippen molar-refractivity contribution in [3.8, 4) is 22.3 Å². The molecule has 0 unspecified atom stereocenters. The Balaban J connectivity index is 1.16. The van der Waals surface area contributed by atoms with Crippen molar-refractivity contribution in [3.63, 3.8) is 0 Å². The highest BCUT2D eigenvalue weighted by Gasteiger charge is 2.20. The first-order chi connectivity index (χ1) is 26.3. The van der Waals surface area contributed by atoms with Crippen molar-refractivity contribution in [2.24, 2.45) is 0 Å². The summed E-state index contributed by atoms with van der Waals surface area (Å²) in [7, 11) is 0. The van der Waals surface area contributed by atoms with Crippen molar-refractivity contribution >= 4 is 97.2 Å². The molecule has 1 aromatic heterocycles. The molecular weight excluding hydrogens is 639 g/mol. The first-order valence-electron chi connectivity index (χ1n) is 18.4. The third-order valence-corrected chi connectivity index (χ3v) is 11.7. The molecule has 0 bridgehead atoms. The molecule has 0 spiro atoms. The van der Waals surface area contributed by atoms with Crippen LogP contribution >= 0.6 is 0 Å². The van der Waals surface area contributed by atoms with Crippen LogP contribution in [0.2, 0.25) is 0 Å². The predicted molar refractivity (Wildman–Crippen MR) is 229 cm³/mol. The summed E-state index contributed by atoms with van der Waals surface area (Å²) in [5, 5.41) is 20.4. The maximum atomic E-state index is 3.84. The smallest absolute Gasteiger partial charge is 0.0551 e. The number of nitrogens with one attached hydrogen (secondary N) is 1. The Morgan fingerprint density at radius 2 is 0.830 bits per heavy atom. The number of benzene rings is 11. The standard InChI is InChI=1S/C52H31N/c1-2-13-32-29-46-33(28-31(32)12-1)24-26-38-37(46)22-11-23-39(38)50-43-19-8-6-17-41(43)49(42-18-7-9-20-44(42)50)34-25-27-48-47(30-34)51-40-16-5-3-14-35(40)36-15-4-10-21-45(36)52(51)53-48/h1-30,53H. The molecule has 12 aromatic rings. The molecule has 1 heterocycles. The molecule has 0 aliphatic heterocycles. The number of aromatic amines is 1. The van der Waals surface area contributed by atoms with Gasteiger partial charge in [0.05, 0.1) is 5.52 Å². The van der Waals surface area contributed by atoms with Gasteiger partial charge in [-0.25, -0.2) is 0 Å². The monoisotopic (exact) mass is 669 g/mol. The highest BCUT2D eigenvalue weighted by atomic mass is 14.7. The Kier molecular flexibility index (Phi) is 5.84. The van der Waals surface area contributed by atoms with Crippen LogP contribution in [0.4, 0.5) is 0 Å². The lowest BCUT2D eigenvalue weighted by Gasteiger charge is -2.19. The first-order valence-corrected chi connectivity index (χ1v) is 18.4. The van der Waals surface area contributed by atoms with Gasteiger partial charge in [0.15, 0.2) is 0 Å². The summed E-state index contributed by atoms with van der Waals surface area (Å²) in [5.74, 6) is 0. The van der Waals surface area contributed by atoms with Crippen LogP contribution in [0.15, 0.2) is 182 Å². The summed E-state index contributed by atoms with van der Waals surface area (Å²) in [6, 6.07) is 67.5. The summed E-state index contributed by atoms with van der Waals surface area (Å²) in [4.78, 5) is 3.84. The highest BCUT2D eigenvalue weighted by Crippen LogP contribution is 2.47. The lowest BCUT2D eigenvalue weighted by Crippen LogP contribution is -1.92. The summed E-state index contributed by atoms with van der Waals surface area (Å²) in [5.41, 5.74) is 7.42. The molecule has 244 valence electrons. The minimum atomic E-state index is 1.16. The molecule has 0 saturated heterocycles. The Bertz CT molecular complexity index is 3450. The molecule has 1 nitrogen and oxygen atoms in total. The van der Waals surface area contributed by atoms with E-state index < -0.39 is 0 Å². The van der Waals surface area contributed by atoms with Gasteiger partial charge < -0.3 is 4.98 Å². The third kappa shape index (κ3) is 4.02. The zero-order valence-corrected chi connectivity index (χ0v) is 28.8. The van der Waals surface area contributed by atoms with E-state index in [2.05, 4.69) is 187 Å². The largest absolute Gasteiger partial charge is 0.354 e. The highest BCUT2D eigenvalue weighted by molar-refractivity contribution is 6.32. The topological polar surface area (TPSA) is 15.8 Å². The molecule has 0 aliphatic rings. The molecule has 0 radical (unpaired) electrons. The number of fused-ring (bicyclic) bond motifs is 14. The average Bonchev–Trinajstić information content (AvgIpc) is 3.61. The van der Waals surface area contributed by atoms with Gasteiger partial charge in [-0.05, 0) is 117 Å². The maximum Gasteiger partial charge on any atom is 0.0551 e. The van der Waals surface area contributed by atoms with E-state index in [4.69, 9.17) is 0 Å². The van der Waals surface area contributed by atoms with Gasteiger partial charge in [-0.2, -0.15) is 0 Å². The van der Waals surface area contributed by atoms with Crippen LogP contribution < -0.4 is 0 Å². The molecule has 1 heteroatoms. The van der Waals surface area contributed by atoms with Gasteiger partial charge in [-0.1, -0.05) is 158 Å². The molecule has 0 aliphatic carbocycles. The van der Waals surface area contributed by atoms with E-state index in [1.807, 2.05) is 0 Å². The average molecular weight is 670 g/mol. The summed E-state index contributed by atoms with van der Waals surface area (Å²) in [6.07, 6.45) is 0. The fourth-order valence-electron chi connectivity index (χ4n) is 9.43. The Labute approximate surface area is 305 Å². The summed E-state index contributed by atoms with van der Waals surface area (Å²) in [6.45, 7) is 0. The number of rotatable bonds is 2. The van der Waals surface area contributed by atoms with E-state index in [9.17, 15) is 0 Å². The van der Waals surface area contributed by atoms with Crippen LogP contribution in [0.5, 0.6) is 0 Å². The first kappa shape index (κ1) is 28.7. The van der Waals surface area contributed by atoms with Crippen molar-refractivity contribution in [2.45, 2.75) is 0 Å². The Morgan fingerprint density at radius 1 is 0.283 bits per heavy atom. The fourth-order valence-corrected chi connectivity index (χ4v) is 9.43. The second kappa shape index (κ2) is 10.8. The normalized spacial score (nSPS) is 12.2. The van der Waals surface area contributed by atoms with E-state index in [1.165, 1.54) is 114 Å². The quantitative estimate of drug-likeness (QED) is 0.139. The lowest BCUT2D eigenvalue weighted by atomic mass is 9.84. The van der Waals surface area contributed by atoms with Gasteiger partial charge in [0, 0.05) is 21.7 Å². The van der Waals surface area contributed by atoms with E-state index in [1.54, 1.807) is 0 Å². The number of aromatic nitrogens is 1.